The van der Waals surface area contributed by atoms with Gasteiger partial charge in [-0.3, -0.25) is 0 Å². The van der Waals surface area contributed by atoms with Crippen LogP contribution in [0.1, 0.15) is 0 Å². The lowest BCUT2D eigenvalue weighted by Gasteiger charge is -2.15. The van der Waals surface area contributed by atoms with Crippen molar-refractivity contribution >= 4 is 97.7 Å². The summed E-state index contributed by atoms with van der Waals surface area (Å²) in [5.41, 5.74) is 8.20. The molecule has 0 bridgehead atoms. The molecule has 0 unspecified atom stereocenters. The molecule has 0 aliphatic carbocycles. The number of furan rings is 2. The molecule has 0 N–H and O–H groups in total. The van der Waals surface area contributed by atoms with E-state index in [1.165, 1.54) is 54.2 Å². The Bertz CT molecular complexity index is 3360. The molecule has 12 aromatic rings. The molecule has 10 aromatic carbocycles. The van der Waals surface area contributed by atoms with Crippen LogP contribution in [0.2, 0.25) is 0 Å². The van der Waals surface area contributed by atoms with Gasteiger partial charge in [-0.05, 0) is 90.1 Å². The first kappa shape index (κ1) is 26.3. The second kappa shape index (κ2) is 9.49. The Morgan fingerprint density at radius 2 is 0.860 bits per heavy atom. The third kappa shape index (κ3) is 3.42. The van der Waals surface area contributed by atoms with Crippen LogP contribution in [0.5, 0.6) is 0 Å². The Morgan fingerprint density at radius 1 is 0.280 bits per heavy atom. The largest absolute Gasteiger partial charge is 0.455 e. The molecule has 0 aliphatic rings. The fourth-order valence-corrected chi connectivity index (χ4v) is 8.70. The van der Waals surface area contributed by atoms with Gasteiger partial charge in [-0.25, -0.2) is 0 Å². The Kier molecular flexibility index (Phi) is 5.00. The molecule has 0 fully saturated rings. The first-order chi connectivity index (χ1) is 24.8. The van der Waals surface area contributed by atoms with Crippen molar-refractivity contribution in [3.8, 4) is 22.3 Å². The van der Waals surface area contributed by atoms with E-state index >= 15 is 0 Å². The molecule has 12 rings (SSSR count). The van der Waals surface area contributed by atoms with Gasteiger partial charge in [0.15, 0.2) is 0 Å². The summed E-state index contributed by atoms with van der Waals surface area (Å²) in [5, 5.41) is 16.8. The number of fused-ring (bicyclic) bond motifs is 10. The summed E-state index contributed by atoms with van der Waals surface area (Å²) in [6.45, 7) is 0. The monoisotopic (exact) mass is 634 g/mol. The number of hydrogen-bond donors (Lipinski definition) is 0. The van der Waals surface area contributed by atoms with Gasteiger partial charge in [-0.15, -0.1) is 0 Å². The van der Waals surface area contributed by atoms with Crippen molar-refractivity contribution in [2.45, 2.75) is 0 Å². The Labute approximate surface area is 285 Å². The highest BCUT2D eigenvalue weighted by atomic mass is 16.3. The topological polar surface area (TPSA) is 26.3 Å². The maximum Gasteiger partial charge on any atom is 0.143 e. The molecule has 0 aliphatic heterocycles. The van der Waals surface area contributed by atoms with E-state index in [4.69, 9.17) is 8.83 Å². The molecule has 50 heavy (non-hydrogen) atoms. The smallest absolute Gasteiger partial charge is 0.143 e. The highest BCUT2D eigenvalue weighted by Crippen LogP contribution is 2.47. The van der Waals surface area contributed by atoms with Crippen LogP contribution in [0.3, 0.4) is 0 Å². The molecule has 2 aromatic heterocycles. The van der Waals surface area contributed by atoms with E-state index in [-0.39, 0.29) is 0 Å². The minimum absolute atomic E-state index is 0.886. The maximum atomic E-state index is 7.05. The second-order valence-corrected chi connectivity index (χ2v) is 13.6. The lowest BCUT2D eigenvalue weighted by atomic mass is 9.87. The third-order valence-electron chi connectivity index (χ3n) is 11.0. The summed E-state index contributed by atoms with van der Waals surface area (Å²) in [4.78, 5) is 0. The van der Waals surface area contributed by atoms with Gasteiger partial charge in [0.05, 0.1) is 0 Å². The molecule has 230 valence electrons. The van der Waals surface area contributed by atoms with Crippen molar-refractivity contribution in [3.63, 3.8) is 0 Å². The second-order valence-electron chi connectivity index (χ2n) is 13.6. The van der Waals surface area contributed by atoms with Crippen LogP contribution < -0.4 is 0 Å². The number of hydrogen-bond acceptors (Lipinski definition) is 2. The zero-order valence-electron chi connectivity index (χ0n) is 26.8. The SMILES string of the molecule is c1ccc2c(c1)ccc1c3cc(-c4ccc(-c5ccc6ccc7cccc8ccc5c6c78)c5c4oc4c6ccccc6ccc45)ccc3oc21. The number of rotatable bonds is 2. The van der Waals surface area contributed by atoms with E-state index in [1.807, 2.05) is 0 Å². The molecule has 2 nitrogen and oxygen atoms in total. The van der Waals surface area contributed by atoms with Gasteiger partial charge in [0.1, 0.15) is 22.3 Å². The molecular formula is C48H26O2. The van der Waals surface area contributed by atoms with Crippen molar-refractivity contribution in [1.29, 1.82) is 0 Å². The van der Waals surface area contributed by atoms with Crippen LogP contribution in [0, 0.1) is 0 Å². The highest BCUT2D eigenvalue weighted by molar-refractivity contribution is 6.28. The molecule has 0 saturated carbocycles. The standard InChI is InChI=1S/C48H26O2/c1-3-10-33-27(6-1)14-21-39-41-26-32(18-25-42(41)49-46(33)39)35-23-24-38(45-40-22-15-28-7-2-4-11-34(28)47(40)50-48(35)45)36-19-16-31-13-12-29-8-5-9-30-17-20-37(36)44(31)43(29)30/h1-26H. The van der Waals surface area contributed by atoms with E-state index in [0.717, 1.165) is 65.8 Å². The fourth-order valence-electron chi connectivity index (χ4n) is 8.70. The lowest BCUT2D eigenvalue weighted by Crippen LogP contribution is -1.89. The van der Waals surface area contributed by atoms with Gasteiger partial charge in [0, 0.05) is 37.9 Å². The number of benzene rings is 10. The summed E-state index contributed by atoms with van der Waals surface area (Å²) in [7, 11) is 0. The van der Waals surface area contributed by atoms with Crippen molar-refractivity contribution in [3.05, 3.63) is 158 Å². The van der Waals surface area contributed by atoms with Gasteiger partial charge in [0.2, 0.25) is 0 Å². The average Bonchev–Trinajstić information content (AvgIpc) is 3.76. The van der Waals surface area contributed by atoms with Gasteiger partial charge < -0.3 is 8.83 Å². The van der Waals surface area contributed by atoms with Gasteiger partial charge in [0.25, 0.3) is 0 Å². The highest BCUT2D eigenvalue weighted by Gasteiger charge is 2.22. The van der Waals surface area contributed by atoms with Crippen LogP contribution >= 0.6 is 0 Å². The van der Waals surface area contributed by atoms with Crippen molar-refractivity contribution in [2.24, 2.45) is 0 Å². The Morgan fingerprint density at radius 3 is 1.66 bits per heavy atom. The quantitative estimate of drug-likeness (QED) is 0.177. The summed E-state index contributed by atoms with van der Waals surface area (Å²) >= 11 is 0. The van der Waals surface area contributed by atoms with Crippen LogP contribution in [-0.2, 0) is 0 Å². The zero-order chi connectivity index (χ0) is 32.5. The molecule has 0 radical (unpaired) electrons. The summed E-state index contributed by atoms with van der Waals surface area (Å²) in [5.74, 6) is 0. The van der Waals surface area contributed by atoms with Crippen LogP contribution in [0.25, 0.3) is 120 Å². The molecule has 0 amide bonds. The Hall–Kier alpha value is -6.64. The van der Waals surface area contributed by atoms with E-state index < -0.39 is 0 Å². The summed E-state index contributed by atoms with van der Waals surface area (Å²) < 4.78 is 13.5. The molecule has 0 saturated heterocycles. The zero-order valence-corrected chi connectivity index (χ0v) is 26.8. The fraction of sp³-hybridized carbons (Fsp3) is 0. The van der Waals surface area contributed by atoms with Crippen molar-refractivity contribution < 1.29 is 8.83 Å². The van der Waals surface area contributed by atoms with Crippen LogP contribution in [-0.4, -0.2) is 0 Å². The van der Waals surface area contributed by atoms with Gasteiger partial charge in [-0.1, -0.05) is 127 Å². The molecule has 0 atom stereocenters. The molecule has 0 spiro atoms. The maximum absolute atomic E-state index is 7.05. The normalized spacial score (nSPS) is 12.4. The van der Waals surface area contributed by atoms with Gasteiger partial charge in [-0.2, -0.15) is 0 Å². The first-order valence-corrected chi connectivity index (χ1v) is 17.2. The van der Waals surface area contributed by atoms with E-state index in [0.29, 0.717) is 0 Å². The van der Waals surface area contributed by atoms with Crippen LogP contribution in [0.4, 0.5) is 0 Å². The minimum Gasteiger partial charge on any atom is -0.455 e. The molecule has 2 heterocycles. The first-order valence-electron chi connectivity index (χ1n) is 17.2. The summed E-state index contributed by atoms with van der Waals surface area (Å²) in [6, 6.07) is 57.1. The van der Waals surface area contributed by atoms with Gasteiger partial charge >= 0.3 is 0 Å². The predicted octanol–water partition coefficient (Wildman–Crippen LogP) is 14.0. The third-order valence-corrected chi connectivity index (χ3v) is 11.0. The van der Waals surface area contributed by atoms with Crippen molar-refractivity contribution in [2.75, 3.05) is 0 Å². The van der Waals surface area contributed by atoms with Crippen molar-refractivity contribution in [1.82, 2.24) is 0 Å². The predicted molar refractivity (Wildman–Crippen MR) is 211 cm³/mol. The molecular weight excluding hydrogens is 609 g/mol. The molecule has 2 heteroatoms. The lowest BCUT2D eigenvalue weighted by molar-refractivity contribution is 0.672. The van der Waals surface area contributed by atoms with E-state index in [2.05, 4.69) is 158 Å². The minimum atomic E-state index is 0.886. The van der Waals surface area contributed by atoms with E-state index in [1.54, 1.807) is 0 Å². The average molecular weight is 635 g/mol. The van der Waals surface area contributed by atoms with Crippen LogP contribution in [0.15, 0.2) is 167 Å². The summed E-state index contributed by atoms with van der Waals surface area (Å²) in [6.07, 6.45) is 0. The Balaban J connectivity index is 1.18. The van der Waals surface area contributed by atoms with E-state index in [9.17, 15) is 0 Å².